The van der Waals surface area contributed by atoms with E-state index in [0.29, 0.717) is 6.61 Å². The summed E-state index contributed by atoms with van der Waals surface area (Å²) in [6.45, 7) is 2.85. The molecule has 0 aliphatic carbocycles. The molecule has 1 fully saturated rings. The molecule has 0 aromatic heterocycles. The third-order valence-electron chi connectivity index (χ3n) is 3.09. The van der Waals surface area contributed by atoms with Crippen LogP contribution in [-0.4, -0.2) is 35.5 Å². The molecule has 5 heteroatoms. The van der Waals surface area contributed by atoms with Crippen LogP contribution in [0, 0.1) is 12.3 Å². The van der Waals surface area contributed by atoms with Crippen molar-refractivity contribution in [3.63, 3.8) is 0 Å². The van der Waals surface area contributed by atoms with Crippen LogP contribution in [0.25, 0.3) is 0 Å². The predicted molar refractivity (Wildman–Crippen MR) is 81.3 cm³/mol. The summed E-state index contributed by atoms with van der Waals surface area (Å²) in [4.78, 5) is 23.2. The Morgan fingerprint density at radius 1 is 1.20 bits per heavy atom. The maximum Gasteiger partial charge on any atom is 0.320 e. The van der Waals surface area contributed by atoms with Crippen molar-refractivity contribution in [3.8, 4) is 12.3 Å². The van der Waals surface area contributed by atoms with E-state index in [2.05, 4.69) is 18.2 Å². The second-order valence-corrected chi connectivity index (χ2v) is 6.12. The molecule has 1 rings (SSSR count). The number of thioether (sulfide) groups is 1. The molecular weight excluding hydrogens is 274 g/mol. The molecule has 1 aliphatic rings. The van der Waals surface area contributed by atoms with E-state index in [1.54, 1.807) is 0 Å². The highest BCUT2D eigenvalue weighted by atomic mass is 32.2. The predicted octanol–water partition coefficient (Wildman–Crippen LogP) is 2.12. The van der Waals surface area contributed by atoms with Gasteiger partial charge in [-0.15, -0.1) is 18.2 Å². The minimum atomic E-state index is -0.340. The molecule has 0 saturated carbocycles. The fourth-order valence-corrected chi connectivity index (χ4v) is 2.71. The summed E-state index contributed by atoms with van der Waals surface area (Å²) in [5.74, 6) is 1.89. The second-order valence-electron chi connectivity index (χ2n) is 4.83. The lowest BCUT2D eigenvalue weighted by molar-refractivity contribution is -0.143. The summed E-state index contributed by atoms with van der Waals surface area (Å²) in [5.41, 5.74) is 0. The number of terminal acetylenes is 1. The van der Waals surface area contributed by atoms with Gasteiger partial charge in [-0.3, -0.25) is 9.59 Å². The molecule has 1 heterocycles. The van der Waals surface area contributed by atoms with Gasteiger partial charge in [-0.1, -0.05) is 44.9 Å². The van der Waals surface area contributed by atoms with Crippen molar-refractivity contribution in [1.29, 1.82) is 0 Å². The highest BCUT2D eigenvalue weighted by Gasteiger charge is 2.50. The van der Waals surface area contributed by atoms with Crippen LogP contribution in [0.3, 0.4) is 0 Å². The summed E-state index contributed by atoms with van der Waals surface area (Å²) in [6.07, 6.45) is 12.0. The maximum atomic E-state index is 11.7. The van der Waals surface area contributed by atoms with E-state index < -0.39 is 0 Å². The Morgan fingerprint density at radius 3 is 2.60 bits per heavy atom. The Morgan fingerprint density at radius 2 is 1.90 bits per heavy atom. The van der Waals surface area contributed by atoms with E-state index in [0.717, 1.165) is 12.8 Å². The first-order valence-electron chi connectivity index (χ1n) is 7.24. The molecule has 0 aromatic rings. The maximum absolute atomic E-state index is 11.7. The van der Waals surface area contributed by atoms with Crippen LogP contribution in [0.5, 0.6) is 0 Å². The van der Waals surface area contributed by atoms with Crippen LogP contribution in [-0.2, 0) is 14.3 Å². The number of esters is 1. The molecule has 0 spiro atoms. The lowest BCUT2D eigenvalue weighted by Gasteiger charge is -2.04. The van der Waals surface area contributed by atoms with E-state index in [1.807, 2.05) is 0 Å². The van der Waals surface area contributed by atoms with Gasteiger partial charge in [0.05, 0.1) is 13.2 Å². The molecule has 0 aromatic carbocycles. The highest BCUT2D eigenvalue weighted by Crippen LogP contribution is 2.42. The fraction of sp³-hybridized carbons (Fsp3) is 0.733. The Bertz CT molecular complexity index is 365. The Labute approximate surface area is 125 Å². The zero-order valence-electron chi connectivity index (χ0n) is 12.0. The number of ether oxygens (including phenoxy) is 1. The summed E-state index contributed by atoms with van der Waals surface area (Å²) >= 11 is 1.32. The van der Waals surface area contributed by atoms with Gasteiger partial charge in [-0.25, -0.2) is 0 Å². The molecule has 20 heavy (non-hydrogen) atoms. The van der Waals surface area contributed by atoms with Crippen molar-refractivity contribution in [1.82, 2.24) is 5.32 Å². The van der Waals surface area contributed by atoms with Gasteiger partial charge in [-0.2, -0.15) is 0 Å². The van der Waals surface area contributed by atoms with Gasteiger partial charge in [0.15, 0.2) is 0 Å². The summed E-state index contributed by atoms with van der Waals surface area (Å²) in [7, 11) is 0. The molecular formula is C15H23NO3S. The van der Waals surface area contributed by atoms with Crippen molar-refractivity contribution in [3.05, 3.63) is 0 Å². The number of nitrogens with one attached hydrogen (secondary N) is 1. The largest absolute Gasteiger partial charge is 0.465 e. The van der Waals surface area contributed by atoms with E-state index in [9.17, 15) is 9.59 Å². The SMILES string of the molecule is C#CCNC(=O)[C@H]1S[C@@H]1C(=O)OCCCCCCCC. The van der Waals surface area contributed by atoms with Gasteiger partial charge in [0.2, 0.25) is 5.91 Å². The van der Waals surface area contributed by atoms with Gasteiger partial charge >= 0.3 is 5.97 Å². The zero-order chi connectivity index (χ0) is 14.8. The third kappa shape index (κ3) is 6.33. The number of amides is 1. The topological polar surface area (TPSA) is 55.4 Å². The third-order valence-corrected chi connectivity index (χ3v) is 4.31. The molecule has 0 unspecified atom stereocenters. The number of rotatable bonds is 10. The quantitative estimate of drug-likeness (QED) is 0.290. The smallest absolute Gasteiger partial charge is 0.320 e. The average molecular weight is 297 g/mol. The average Bonchev–Trinajstić information content (AvgIpc) is 3.24. The van der Waals surface area contributed by atoms with Crippen LogP contribution < -0.4 is 5.32 Å². The zero-order valence-corrected chi connectivity index (χ0v) is 12.8. The first kappa shape index (κ1) is 16.9. The minimum Gasteiger partial charge on any atom is -0.465 e. The lowest BCUT2D eigenvalue weighted by atomic mass is 10.1. The second kappa shape index (κ2) is 9.71. The van der Waals surface area contributed by atoms with Crippen molar-refractivity contribution in [2.24, 2.45) is 0 Å². The van der Waals surface area contributed by atoms with Crippen LogP contribution in [0.2, 0.25) is 0 Å². The molecule has 1 saturated heterocycles. The van der Waals surface area contributed by atoms with E-state index >= 15 is 0 Å². The lowest BCUT2D eigenvalue weighted by Crippen LogP contribution is -2.30. The van der Waals surface area contributed by atoms with Gasteiger partial charge in [0.1, 0.15) is 10.5 Å². The normalized spacial score (nSPS) is 20.0. The van der Waals surface area contributed by atoms with Gasteiger partial charge in [-0.05, 0) is 6.42 Å². The van der Waals surface area contributed by atoms with Crippen molar-refractivity contribution in [2.75, 3.05) is 13.2 Å². The monoisotopic (exact) mass is 297 g/mol. The minimum absolute atomic E-state index is 0.172. The van der Waals surface area contributed by atoms with Gasteiger partial charge in [0, 0.05) is 0 Å². The Balaban J connectivity index is 2.02. The molecule has 1 amide bonds. The van der Waals surface area contributed by atoms with Crippen LogP contribution in [0.1, 0.15) is 45.4 Å². The van der Waals surface area contributed by atoms with Crippen LogP contribution in [0.15, 0.2) is 0 Å². The Hall–Kier alpha value is -1.15. The highest BCUT2D eigenvalue weighted by molar-refractivity contribution is 8.09. The summed E-state index contributed by atoms with van der Waals surface area (Å²) in [5, 5.41) is 1.91. The van der Waals surface area contributed by atoms with Crippen molar-refractivity contribution in [2.45, 2.75) is 55.9 Å². The Kier molecular flexibility index (Phi) is 8.20. The molecule has 112 valence electrons. The van der Waals surface area contributed by atoms with E-state index in [4.69, 9.17) is 11.2 Å². The summed E-state index contributed by atoms with van der Waals surface area (Å²) in [6, 6.07) is 0. The van der Waals surface area contributed by atoms with Crippen LogP contribution in [0.4, 0.5) is 0 Å². The van der Waals surface area contributed by atoms with Crippen molar-refractivity contribution < 1.29 is 14.3 Å². The number of unbranched alkanes of at least 4 members (excludes halogenated alkanes) is 5. The standard InChI is InChI=1S/C15H23NO3S/c1-3-5-6-7-8-9-11-19-15(18)13-12(20-13)14(17)16-10-4-2/h2,12-13H,3,5-11H2,1H3,(H,16,17)/t12-,13-/m0/s1. The molecule has 0 bridgehead atoms. The van der Waals surface area contributed by atoms with Gasteiger partial charge < -0.3 is 10.1 Å². The molecule has 1 aliphatic heterocycles. The fourth-order valence-electron chi connectivity index (χ4n) is 1.87. The molecule has 1 N–H and O–H groups in total. The number of hydrogen-bond acceptors (Lipinski definition) is 4. The molecule has 0 radical (unpaired) electrons. The van der Waals surface area contributed by atoms with Gasteiger partial charge in [0.25, 0.3) is 0 Å². The number of hydrogen-bond donors (Lipinski definition) is 1. The first-order chi connectivity index (χ1) is 9.70. The van der Waals surface area contributed by atoms with E-state index in [1.165, 1.54) is 37.4 Å². The number of carbonyl (C=O) groups excluding carboxylic acids is 2. The molecule has 4 nitrogen and oxygen atoms in total. The number of carbonyl (C=O) groups is 2. The molecule has 2 atom stereocenters. The van der Waals surface area contributed by atoms with Crippen molar-refractivity contribution >= 4 is 23.6 Å². The van der Waals surface area contributed by atoms with E-state index in [-0.39, 0.29) is 28.9 Å². The van der Waals surface area contributed by atoms with Crippen LogP contribution >= 0.6 is 11.8 Å². The summed E-state index contributed by atoms with van der Waals surface area (Å²) < 4.78 is 5.18. The first-order valence-corrected chi connectivity index (χ1v) is 8.18.